The minimum Gasteiger partial charge on any atom is -0.478 e. The van der Waals surface area contributed by atoms with Gasteiger partial charge in [-0.1, -0.05) is 12.1 Å². The fourth-order valence-corrected chi connectivity index (χ4v) is 1.68. The summed E-state index contributed by atoms with van der Waals surface area (Å²) in [5, 5.41) is 11.2. The molecule has 1 aliphatic rings. The molecule has 0 atom stereocenters. The van der Waals surface area contributed by atoms with E-state index in [-0.39, 0.29) is 24.4 Å². The normalized spacial score (nSPS) is 15.6. The van der Waals surface area contributed by atoms with Crippen molar-refractivity contribution in [2.75, 3.05) is 11.4 Å². The Morgan fingerprint density at radius 1 is 1.29 bits per heavy atom. The quantitative estimate of drug-likeness (QED) is 0.793. The maximum atomic E-state index is 11.6. The van der Waals surface area contributed by atoms with E-state index >= 15 is 0 Å². The second-order valence-electron chi connectivity index (χ2n) is 3.58. The molecular formula is C11H10N2O4. The van der Waals surface area contributed by atoms with Gasteiger partial charge in [-0.2, -0.15) is 0 Å². The van der Waals surface area contributed by atoms with E-state index in [2.05, 4.69) is 5.32 Å². The van der Waals surface area contributed by atoms with Gasteiger partial charge in [0.2, 0.25) is 5.91 Å². The molecule has 1 heterocycles. The topological polar surface area (TPSA) is 86.7 Å². The first kappa shape index (κ1) is 11.1. The lowest BCUT2D eigenvalue weighted by Gasteiger charge is -2.27. The van der Waals surface area contributed by atoms with Crippen LogP contribution in [0.2, 0.25) is 0 Å². The second-order valence-corrected chi connectivity index (χ2v) is 3.58. The highest BCUT2D eigenvalue weighted by atomic mass is 16.4. The molecule has 17 heavy (non-hydrogen) atoms. The van der Waals surface area contributed by atoms with Crippen LogP contribution in [0.3, 0.4) is 0 Å². The molecule has 1 fully saturated rings. The van der Waals surface area contributed by atoms with Crippen LogP contribution in [0.5, 0.6) is 0 Å². The number of hydrogen-bond donors (Lipinski definition) is 2. The molecule has 0 aromatic heterocycles. The van der Waals surface area contributed by atoms with E-state index < -0.39 is 12.0 Å². The summed E-state index contributed by atoms with van der Waals surface area (Å²) in [6.07, 6.45) is 0.166. The van der Waals surface area contributed by atoms with E-state index in [1.54, 1.807) is 18.2 Å². The number of para-hydroxylation sites is 1. The van der Waals surface area contributed by atoms with Gasteiger partial charge in [0.05, 0.1) is 11.3 Å². The number of rotatable bonds is 2. The van der Waals surface area contributed by atoms with Crippen molar-refractivity contribution in [3.63, 3.8) is 0 Å². The van der Waals surface area contributed by atoms with Gasteiger partial charge in [-0.25, -0.2) is 9.59 Å². The van der Waals surface area contributed by atoms with Crippen LogP contribution in [0.1, 0.15) is 16.8 Å². The van der Waals surface area contributed by atoms with Crippen molar-refractivity contribution in [3.8, 4) is 0 Å². The minimum atomic E-state index is -1.11. The van der Waals surface area contributed by atoms with E-state index in [9.17, 15) is 14.4 Å². The summed E-state index contributed by atoms with van der Waals surface area (Å²) in [6.45, 7) is 0.189. The van der Waals surface area contributed by atoms with Gasteiger partial charge in [-0.3, -0.25) is 15.0 Å². The summed E-state index contributed by atoms with van der Waals surface area (Å²) in [5.74, 6) is -1.45. The Bertz CT molecular complexity index is 498. The fourth-order valence-electron chi connectivity index (χ4n) is 1.68. The molecule has 0 spiro atoms. The zero-order valence-corrected chi connectivity index (χ0v) is 8.84. The van der Waals surface area contributed by atoms with Crippen molar-refractivity contribution in [2.45, 2.75) is 6.42 Å². The molecule has 88 valence electrons. The molecule has 6 nitrogen and oxygen atoms in total. The zero-order chi connectivity index (χ0) is 12.4. The standard InChI is InChI=1S/C11H10N2O4/c14-9-5-6-13(11(17)12-9)8-4-2-1-3-7(8)10(15)16/h1-4H,5-6H2,(H,15,16)(H,12,14,17). The number of carboxylic acids is 1. The molecule has 2 rings (SSSR count). The van der Waals surface area contributed by atoms with Crippen LogP contribution >= 0.6 is 0 Å². The SMILES string of the molecule is O=C1CCN(c2ccccc2C(=O)O)C(=O)N1. The smallest absolute Gasteiger partial charge is 0.337 e. The highest BCUT2D eigenvalue weighted by Crippen LogP contribution is 2.22. The third-order valence-corrected chi connectivity index (χ3v) is 2.48. The van der Waals surface area contributed by atoms with Crippen LogP contribution in [0.15, 0.2) is 24.3 Å². The summed E-state index contributed by atoms with van der Waals surface area (Å²) in [4.78, 5) is 34.8. The molecular weight excluding hydrogens is 224 g/mol. The van der Waals surface area contributed by atoms with E-state index in [1.807, 2.05) is 0 Å². The Kier molecular flexibility index (Phi) is 2.78. The average Bonchev–Trinajstić information content (AvgIpc) is 2.29. The Labute approximate surface area is 96.8 Å². The van der Waals surface area contributed by atoms with Crippen molar-refractivity contribution in [2.24, 2.45) is 0 Å². The number of nitrogens with one attached hydrogen (secondary N) is 1. The second kappa shape index (κ2) is 4.25. The fraction of sp³-hybridized carbons (Fsp3) is 0.182. The third-order valence-electron chi connectivity index (χ3n) is 2.48. The first-order valence-electron chi connectivity index (χ1n) is 5.03. The predicted molar refractivity (Wildman–Crippen MR) is 58.9 cm³/mol. The number of benzene rings is 1. The van der Waals surface area contributed by atoms with E-state index in [4.69, 9.17) is 5.11 Å². The molecule has 3 amide bonds. The van der Waals surface area contributed by atoms with Gasteiger partial charge in [0.15, 0.2) is 0 Å². The number of urea groups is 1. The summed E-state index contributed by atoms with van der Waals surface area (Å²) >= 11 is 0. The number of carboxylic acid groups (broad SMARTS) is 1. The molecule has 0 aliphatic carbocycles. The molecule has 1 saturated heterocycles. The van der Waals surface area contributed by atoms with E-state index in [0.29, 0.717) is 5.69 Å². The lowest BCUT2D eigenvalue weighted by molar-refractivity contribution is -0.120. The maximum Gasteiger partial charge on any atom is 0.337 e. The summed E-state index contributed by atoms with van der Waals surface area (Å²) in [7, 11) is 0. The number of carbonyl (C=O) groups excluding carboxylic acids is 2. The molecule has 6 heteroatoms. The Morgan fingerprint density at radius 2 is 2.00 bits per heavy atom. The van der Waals surface area contributed by atoms with Crippen molar-refractivity contribution in [3.05, 3.63) is 29.8 Å². The summed E-state index contributed by atoms with van der Waals surface area (Å²) < 4.78 is 0. The number of hydrogen-bond acceptors (Lipinski definition) is 3. The molecule has 0 bridgehead atoms. The number of nitrogens with zero attached hydrogens (tertiary/aromatic N) is 1. The third kappa shape index (κ3) is 2.10. The number of carbonyl (C=O) groups is 3. The van der Waals surface area contributed by atoms with Gasteiger partial charge in [-0.15, -0.1) is 0 Å². The number of imide groups is 1. The average molecular weight is 234 g/mol. The molecule has 2 N–H and O–H groups in total. The summed E-state index contributed by atoms with van der Waals surface area (Å²) in [5.41, 5.74) is 0.335. The van der Waals surface area contributed by atoms with Gasteiger partial charge in [0.25, 0.3) is 0 Å². The van der Waals surface area contributed by atoms with Gasteiger partial charge < -0.3 is 5.11 Å². The van der Waals surface area contributed by atoms with Crippen LogP contribution in [-0.4, -0.2) is 29.6 Å². The largest absolute Gasteiger partial charge is 0.478 e. The number of amides is 3. The lowest BCUT2D eigenvalue weighted by atomic mass is 10.1. The molecule has 0 unspecified atom stereocenters. The number of anilines is 1. The first-order valence-corrected chi connectivity index (χ1v) is 5.03. The predicted octanol–water partition coefficient (Wildman–Crippen LogP) is 0.831. The van der Waals surface area contributed by atoms with Crippen molar-refractivity contribution >= 4 is 23.6 Å². The zero-order valence-electron chi connectivity index (χ0n) is 8.84. The van der Waals surface area contributed by atoms with Crippen molar-refractivity contribution in [1.29, 1.82) is 0 Å². The lowest BCUT2D eigenvalue weighted by Crippen LogP contribution is -2.50. The van der Waals surface area contributed by atoms with Gasteiger partial charge >= 0.3 is 12.0 Å². The monoisotopic (exact) mass is 234 g/mol. The van der Waals surface area contributed by atoms with E-state index in [1.165, 1.54) is 11.0 Å². The Morgan fingerprint density at radius 3 is 2.65 bits per heavy atom. The van der Waals surface area contributed by atoms with Crippen LogP contribution < -0.4 is 10.2 Å². The van der Waals surface area contributed by atoms with Crippen LogP contribution in [0.4, 0.5) is 10.5 Å². The van der Waals surface area contributed by atoms with Gasteiger partial charge in [0, 0.05) is 13.0 Å². The molecule has 1 aromatic rings. The van der Waals surface area contributed by atoms with Crippen molar-refractivity contribution in [1.82, 2.24) is 5.32 Å². The summed E-state index contributed by atoms with van der Waals surface area (Å²) in [6, 6.07) is 5.60. The maximum absolute atomic E-state index is 11.6. The van der Waals surface area contributed by atoms with Gasteiger partial charge in [-0.05, 0) is 12.1 Å². The Balaban J connectivity index is 2.37. The van der Waals surface area contributed by atoms with Crippen LogP contribution in [-0.2, 0) is 4.79 Å². The van der Waals surface area contributed by atoms with E-state index in [0.717, 1.165) is 0 Å². The molecule has 1 aliphatic heterocycles. The number of aromatic carboxylic acids is 1. The van der Waals surface area contributed by atoms with Crippen LogP contribution in [0, 0.1) is 0 Å². The molecule has 1 aromatic carbocycles. The minimum absolute atomic E-state index is 0.0389. The van der Waals surface area contributed by atoms with Crippen LogP contribution in [0.25, 0.3) is 0 Å². The first-order chi connectivity index (χ1) is 8.09. The highest BCUT2D eigenvalue weighted by Gasteiger charge is 2.26. The van der Waals surface area contributed by atoms with Gasteiger partial charge in [0.1, 0.15) is 0 Å². The molecule has 0 saturated carbocycles. The van der Waals surface area contributed by atoms with Crippen molar-refractivity contribution < 1.29 is 19.5 Å². The highest BCUT2D eigenvalue weighted by molar-refractivity contribution is 6.08. The molecule has 0 radical (unpaired) electrons. The Hall–Kier alpha value is -2.37.